The summed E-state index contributed by atoms with van der Waals surface area (Å²) in [4.78, 5) is 34.9. The van der Waals surface area contributed by atoms with Gasteiger partial charge in [0.05, 0.1) is 17.0 Å². The van der Waals surface area contributed by atoms with Gasteiger partial charge in [0.1, 0.15) is 29.0 Å². The topological polar surface area (TPSA) is 104 Å². The summed E-state index contributed by atoms with van der Waals surface area (Å²) in [6.07, 6.45) is -1.42. The first-order valence-corrected chi connectivity index (χ1v) is 10.5. The Labute approximate surface area is 192 Å². The van der Waals surface area contributed by atoms with E-state index in [9.17, 15) is 28.0 Å². The molecule has 1 aliphatic heterocycles. The smallest absolute Gasteiger partial charge is 0.266 e. The summed E-state index contributed by atoms with van der Waals surface area (Å²) in [5, 5.41) is 13.3. The van der Waals surface area contributed by atoms with Gasteiger partial charge in [-0.15, -0.1) is 0 Å². The molecule has 1 amide bonds. The van der Waals surface area contributed by atoms with E-state index in [-0.39, 0.29) is 41.6 Å². The number of anilines is 1. The number of hydrogen-bond donors (Lipinski definition) is 1. The van der Waals surface area contributed by atoms with Crippen molar-refractivity contribution in [3.63, 3.8) is 0 Å². The minimum absolute atomic E-state index is 0.0241. The molecule has 0 spiro atoms. The average molecular weight is 470 g/mol. The zero-order valence-electron chi connectivity index (χ0n) is 18.5. The van der Waals surface area contributed by atoms with Gasteiger partial charge in [0.2, 0.25) is 5.91 Å². The Kier molecular flexibility index (Phi) is 6.00. The van der Waals surface area contributed by atoms with Gasteiger partial charge in [0.15, 0.2) is 0 Å². The first kappa shape index (κ1) is 23.2. The van der Waals surface area contributed by atoms with Crippen LogP contribution in [0.2, 0.25) is 0 Å². The van der Waals surface area contributed by atoms with Crippen LogP contribution in [-0.4, -0.2) is 38.4 Å². The number of benzene rings is 1. The molecule has 3 heterocycles. The van der Waals surface area contributed by atoms with Crippen LogP contribution < -0.4 is 10.9 Å². The summed E-state index contributed by atoms with van der Waals surface area (Å²) in [5.41, 5.74) is -1.79. The molecule has 1 atom stereocenters. The fraction of sp³-hybridized carbons (Fsp3) is 0.348. The number of alkyl halides is 2. The number of aromatic nitrogens is 3. The molecule has 2 aromatic heterocycles. The molecule has 1 N–H and O–H groups in total. The van der Waals surface area contributed by atoms with Crippen molar-refractivity contribution in [3.8, 4) is 6.07 Å². The van der Waals surface area contributed by atoms with Crippen LogP contribution in [0.15, 0.2) is 35.4 Å². The van der Waals surface area contributed by atoms with Gasteiger partial charge >= 0.3 is 0 Å². The summed E-state index contributed by atoms with van der Waals surface area (Å²) in [6.45, 7) is 1.70. The number of hydrogen-bond acceptors (Lipinski definition) is 6. The monoisotopic (exact) mass is 470 g/mol. The Balaban J connectivity index is 1.77. The van der Waals surface area contributed by atoms with Crippen molar-refractivity contribution >= 4 is 22.8 Å². The lowest BCUT2D eigenvalue weighted by Crippen LogP contribution is -2.38. The highest BCUT2D eigenvalue weighted by Crippen LogP contribution is 2.34. The van der Waals surface area contributed by atoms with Gasteiger partial charge < -0.3 is 10.2 Å². The number of pyridine rings is 1. The van der Waals surface area contributed by atoms with E-state index in [4.69, 9.17) is 0 Å². The van der Waals surface area contributed by atoms with Crippen molar-refractivity contribution in [2.75, 3.05) is 18.4 Å². The number of halogens is 3. The number of nitrogens with one attached hydrogen (secondary N) is 1. The standard InChI is InChI=1S/C23H21F3N6O2/c1-13(33)32-7-6-23(10-27,11-32)17-8-16-20(29-12-30-21(16)31(2)22(17)34)28-9-14-4-3-5-15(18(14)24)19(25)26/h3-5,8,12,19H,6-7,9,11H2,1-2H3,(H,28,29,30). The van der Waals surface area contributed by atoms with Crippen molar-refractivity contribution in [1.82, 2.24) is 19.4 Å². The van der Waals surface area contributed by atoms with Crippen LogP contribution in [0, 0.1) is 17.1 Å². The molecule has 8 nitrogen and oxygen atoms in total. The van der Waals surface area contributed by atoms with Gasteiger partial charge in [-0.3, -0.25) is 14.2 Å². The molecule has 1 saturated heterocycles. The Hall–Kier alpha value is -3.94. The number of rotatable bonds is 5. The summed E-state index contributed by atoms with van der Waals surface area (Å²) in [7, 11) is 1.51. The molecule has 1 aromatic carbocycles. The van der Waals surface area contributed by atoms with Gasteiger partial charge in [-0.1, -0.05) is 18.2 Å². The lowest BCUT2D eigenvalue weighted by Gasteiger charge is -2.22. The minimum atomic E-state index is -2.94. The predicted octanol–water partition coefficient (Wildman–Crippen LogP) is 3.03. The van der Waals surface area contributed by atoms with E-state index in [1.807, 2.05) is 0 Å². The summed E-state index contributed by atoms with van der Waals surface area (Å²) in [6, 6.07) is 7.51. The molecule has 1 unspecified atom stereocenters. The summed E-state index contributed by atoms with van der Waals surface area (Å²) in [5.74, 6) is -0.943. The minimum Gasteiger partial charge on any atom is -0.365 e. The maximum atomic E-state index is 14.5. The Bertz CT molecular complexity index is 1380. The largest absolute Gasteiger partial charge is 0.365 e. The third-order valence-corrected chi connectivity index (χ3v) is 6.24. The zero-order valence-corrected chi connectivity index (χ0v) is 18.5. The van der Waals surface area contributed by atoms with Crippen molar-refractivity contribution in [2.45, 2.75) is 31.7 Å². The second kappa shape index (κ2) is 8.78. The highest BCUT2D eigenvalue weighted by molar-refractivity contribution is 5.87. The van der Waals surface area contributed by atoms with Gasteiger partial charge in [-0.2, -0.15) is 5.26 Å². The summed E-state index contributed by atoms with van der Waals surface area (Å²) >= 11 is 0. The van der Waals surface area contributed by atoms with Crippen molar-refractivity contribution in [2.24, 2.45) is 7.05 Å². The molecule has 1 fully saturated rings. The fourth-order valence-electron chi connectivity index (χ4n) is 4.29. The number of aryl methyl sites for hydroxylation is 1. The number of carbonyl (C=O) groups excluding carboxylic acids is 1. The van der Waals surface area contributed by atoms with Crippen molar-refractivity contribution < 1.29 is 18.0 Å². The van der Waals surface area contributed by atoms with E-state index in [1.54, 1.807) is 0 Å². The number of likely N-dealkylation sites (tertiary alicyclic amines) is 1. The quantitative estimate of drug-likeness (QED) is 0.615. The Morgan fingerprint density at radius 2 is 2.12 bits per heavy atom. The maximum absolute atomic E-state index is 14.5. The van der Waals surface area contributed by atoms with E-state index >= 15 is 0 Å². The lowest BCUT2D eigenvalue weighted by atomic mass is 9.81. The number of carbonyl (C=O) groups is 1. The zero-order chi connectivity index (χ0) is 24.6. The van der Waals surface area contributed by atoms with E-state index in [0.29, 0.717) is 18.4 Å². The average Bonchev–Trinajstić information content (AvgIpc) is 3.26. The Morgan fingerprint density at radius 1 is 1.35 bits per heavy atom. The van der Waals surface area contributed by atoms with Crippen LogP contribution in [0.4, 0.5) is 19.0 Å². The molecule has 11 heteroatoms. The molecule has 4 rings (SSSR count). The van der Waals surface area contributed by atoms with Crippen LogP contribution in [0.5, 0.6) is 0 Å². The fourth-order valence-corrected chi connectivity index (χ4v) is 4.29. The second-order valence-electron chi connectivity index (χ2n) is 8.24. The van der Waals surface area contributed by atoms with Gasteiger partial charge in [-0.25, -0.2) is 23.1 Å². The Morgan fingerprint density at radius 3 is 2.76 bits per heavy atom. The highest BCUT2D eigenvalue weighted by Gasteiger charge is 2.43. The van der Waals surface area contributed by atoms with Crippen LogP contribution in [0.1, 0.15) is 36.5 Å². The maximum Gasteiger partial charge on any atom is 0.266 e. The van der Waals surface area contributed by atoms with E-state index in [2.05, 4.69) is 21.4 Å². The van der Waals surface area contributed by atoms with Gasteiger partial charge in [0, 0.05) is 44.7 Å². The molecule has 3 aromatic rings. The van der Waals surface area contributed by atoms with Crippen molar-refractivity contribution in [3.05, 3.63) is 63.5 Å². The summed E-state index contributed by atoms with van der Waals surface area (Å²) < 4.78 is 41.8. The molecule has 34 heavy (non-hydrogen) atoms. The number of nitrogens with zero attached hydrogens (tertiary/aromatic N) is 5. The third kappa shape index (κ3) is 3.85. The normalized spacial score (nSPS) is 17.9. The number of fused-ring (bicyclic) bond motifs is 1. The number of nitriles is 1. The molecular weight excluding hydrogens is 449 g/mol. The molecule has 0 aliphatic carbocycles. The first-order valence-electron chi connectivity index (χ1n) is 10.5. The van der Waals surface area contributed by atoms with Crippen LogP contribution in [-0.2, 0) is 23.8 Å². The van der Waals surface area contributed by atoms with Crippen LogP contribution in [0.3, 0.4) is 0 Å². The molecule has 0 saturated carbocycles. The van der Waals surface area contributed by atoms with Crippen molar-refractivity contribution in [1.29, 1.82) is 5.26 Å². The molecule has 1 aliphatic rings. The van der Waals surface area contributed by atoms with E-state index < -0.39 is 28.8 Å². The molecule has 0 radical (unpaired) electrons. The first-order chi connectivity index (χ1) is 16.2. The van der Waals surface area contributed by atoms with Crippen LogP contribution >= 0.6 is 0 Å². The highest BCUT2D eigenvalue weighted by atomic mass is 19.3. The lowest BCUT2D eigenvalue weighted by molar-refractivity contribution is -0.127. The second-order valence-corrected chi connectivity index (χ2v) is 8.24. The third-order valence-electron chi connectivity index (χ3n) is 6.24. The molecule has 0 bridgehead atoms. The van der Waals surface area contributed by atoms with Crippen LogP contribution in [0.25, 0.3) is 11.0 Å². The molecule has 176 valence electrons. The van der Waals surface area contributed by atoms with E-state index in [1.165, 1.54) is 48.0 Å². The molecular formula is C23H21F3N6O2. The van der Waals surface area contributed by atoms with Gasteiger partial charge in [0.25, 0.3) is 12.0 Å². The van der Waals surface area contributed by atoms with E-state index in [0.717, 1.165) is 6.07 Å². The number of amides is 1. The SMILES string of the molecule is CC(=O)N1CCC(C#N)(c2cc3c(NCc4cccc(C(F)F)c4F)ncnc3n(C)c2=O)C1. The van der Waals surface area contributed by atoms with Gasteiger partial charge in [-0.05, 0) is 12.5 Å². The predicted molar refractivity (Wildman–Crippen MR) is 118 cm³/mol.